The fourth-order valence-electron chi connectivity index (χ4n) is 1.44. The van der Waals surface area contributed by atoms with Crippen LogP contribution < -0.4 is 5.73 Å². The minimum atomic E-state index is -3.61. The van der Waals surface area contributed by atoms with Crippen LogP contribution in [0, 0.1) is 0 Å². The topological polar surface area (TPSA) is 97.5 Å². The highest BCUT2D eigenvalue weighted by Gasteiger charge is 2.31. The van der Waals surface area contributed by atoms with Crippen molar-refractivity contribution in [2.24, 2.45) is 0 Å². The normalized spacial score (nSPS) is 13.3. The number of Topliss-reactive ketones (excluding diaryl/α,β-unsaturated/α-hetero) is 1. The molecule has 1 aromatic rings. The van der Waals surface area contributed by atoms with E-state index in [2.05, 4.69) is 0 Å². The first-order valence-corrected chi connectivity index (χ1v) is 6.86. The molecular weight excluding hydrogens is 242 g/mol. The lowest BCUT2D eigenvalue weighted by Crippen LogP contribution is -2.35. The maximum absolute atomic E-state index is 11.9. The zero-order valence-corrected chi connectivity index (χ0v) is 10.3. The van der Waals surface area contributed by atoms with Crippen LogP contribution in [0.4, 0.5) is 5.69 Å². The third-order valence-electron chi connectivity index (χ3n) is 2.47. The number of aliphatic hydroxyl groups is 1. The van der Waals surface area contributed by atoms with E-state index in [1.54, 1.807) is 12.1 Å². The quantitative estimate of drug-likeness (QED) is 0.582. The lowest BCUT2D eigenvalue weighted by molar-refractivity contribution is 0.0961. The van der Waals surface area contributed by atoms with Crippen molar-refractivity contribution in [2.75, 3.05) is 18.1 Å². The molecule has 0 bridgehead atoms. The van der Waals surface area contributed by atoms with Crippen LogP contribution in [0.15, 0.2) is 24.3 Å². The summed E-state index contributed by atoms with van der Waals surface area (Å²) in [5, 5.41) is 7.65. The summed E-state index contributed by atoms with van der Waals surface area (Å²) in [6.45, 7) is 0.717. The molecule has 1 unspecified atom stereocenters. The first-order valence-electron chi connectivity index (χ1n) is 5.14. The molecule has 1 aromatic carbocycles. The highest BCUT2D eigenvalue weighted by molar-refractivity contribution is 7.92. The van der Waals surface area contributed by atoms with Crippen LogP contribution in [-0.4, -0.2) is 36.9 Å². The van der Waals surface area contributed by atoms with Crippen LogP contribution in [0.2, 0.25) is 0 Å². The summed E-state index contributed by atoms with van der Waals surface area (Å²) in [6, 6.07) is 6.04. The average molecular weight is 257 g/mol. The second-order valence-electron chi connectivity index (χ2n) is 3.61. The van der Waals surface area contributed by atoms with Gasteiger partial charge in [0.05, 0.1) is 6.61 Å². The molecule has 0 saturated carbocycles. The number of carbonyl (C=O) groups is 1. The summed E-state index contributed by atoms with van der Waals surface area (Å²) in [5.74, 6) is -0.812. The Morgan fingerprint density at radius 3 is 2.59 bits per heavy atom. The van der Waals surface area contributed by atoms with Crippen molar-refractivity contribution in [3.05, 3.63) is 29.8 Å². The number of hydrogen-bond acceptors (Lipinski definition) is 5. The predicted octanol–water partition coefficient (Wildman–Crippen LogP) is 0.247. The van der Waals surface area contributed by atoms with E-state index < -0.39 is 27.5 Å². The predicted molar refractivity (Wildman–Crippen MR) is 65.5 cm³/mol. The number of aliphatic hydroxyl groups excluding tert-OH is 1. The van der Waals surface area contributed by atoms with E-state index in [0.717, 1.165) is 0 Å². The number of sulfone groups is 1. The van der Waals surface area contributed by atoms with Gasteiger partial charge in [-0.05, 0) is 12.1 Å². The lowest BCUT2D eigenvalue weighted by atomic mass is 10.1. The van der Waals surface area contributed by atoms with E-state index in [-0.39, 0.29) is 11.3 Å². The molecule has 0 saturated heterocycles. The second-order valence-corrected chi connectivity index (χ2v) is 6.08. The summed E-state index contributed by atoms with van der Waals surface area (Å²) >= 11 is 0. The highest BCUT2D eigenvalue weighted by atomic mass is 32.2. The Labute approximate surface area is 100 Å². The van der Waals surface area contributed by atoms with Gasteiger partial charge in [-0.3, -0.25) is 4.79 Å². The molecule has 0 aliphatic carbocycles. The van der Waals surface area contributed by atoms with Gasteiger partial charge >= 0.3 is 0 Å². The molecule has 0 aliphatic heterocycles. The molecule has 0 radical (unpaired) electrons. The van der Waals surface area contributed by atoms with E-state index in [0.29, 0.717) is 5.69 Å². The second kappa shape index (κ2) is 5.29. The summed E-state index contributed by atoms with van der Waals surface area (Å²) < 4.78 is 23.2. The highest BCUT2D eigenvalue weighted by Crippen LogP contribution is 2.13. The van der Waals surface area contributed by atoms with Gasteiger partial charge in [0.2, 0.25) is 0 Å². The molecule has 6 heteroatoms. The third-order valence-corrected chi connectivity index (χ3v) is 4.50. The van der Waals surface area contributed by atoms with Crippen LogP contribution in [0.25, 0.3) is 0 Å². The summed E-state index contributed by atoms with van der Waals surface area (Å²) in [4.78, 5) is 11.9. The fraction of sp³-hybridized carbons (Fsp3) is 0.364. The Morgan fingerprint density at radius 1 is 1.47 bits per heavy atom. The minimum Gasteiger partial charge on any atom is -0.399 e. The van der Waals surface area contributed by atoms with Gasteiger partial charge in [-0.15, -0.1) is 0 Å². The maximum Gasteiger partial charge on any atom is 0.183 e. The number of nitrogens with two attached hydrogens (primary N) is 1. The lowest BCUT2D eigenvalue weighted by Gasteiger charge is -2.13. The Balaban J connectivity index is 3.11. The summed E-state index contributed by atoms with van der Waals surface area (Å²) in [6.07, 6.45) is 0. The zero-order valence-electron chi connectivity index (χ0n) is 9.46. The van der Waals surface area contributed by atoms with Gasteiger partial charge in [0.25, 0.3) is 0 Å². The van der Waals surface area contributed by atoms with Crippen LogP contribution in [-0.2, 0) is 9.84 Å². The number of nitrogen functional groups attached to an aromatic ring is 1. The van der Waals surface area contributed by atoms with E-state index in [9.17, 15) is 13.2 Å². The summed E-state index contributed by atoms with van der Waals surface area (Å²) in [7, 11) is -3.61. The van der Waals surface area contributed by atoms with Gasteiger partial charge in [-0.25, -0.2) is 8.42 Å². The number of carbonyl (C=O) groups excluding carboxylic acids is 1. The average Bonchev–Trinajstić information content (AvgIpc) is 2.29. The molecule has 0 fully saturated rings. The third kappa shape index (κ3) is 3.04. The van der Waals surface area contributed by atoms with E-state index in [1.807, 2.05) is 0 Å². The Bertz CT molecular complexity index is 510. The number of rotatable bonds is 5. The molecule has 0 aromatic heterocycles. The van der Waals surface area contributed by atoms with Crippen molar-refractivity contribution in [1.82, 2.24) is 0 Å². The van der Waals surface area contributed by atoms with Crippen LogP contribution in [0.1, 0.15) is 17.3 Å². The van der Waals surface area contributed by atoms with Crippen molar-refractivity contribution in [3.63, 3.8) is 0 Å². The van der Waals surface area contributed by atoms with Crippen molar-refractivity contribution < 1.29 is 18.3 Å². The maximum atomic E-state index is 11.9. The van der Waals surface area contributed by atoms with Gasteiger partial charge in [-0.2, -0.15) is 0 Å². The number of benzene rings is 1. The summed E-state index contributed by atoms with van der Waals surface area (Å²) in [5.41, 5.74) is 6.09. The molecule has 94 valence electrons. The fourth-order valence-corrected chi connectivity index (χ4v) is 2.53. The van der Waals surface area contributed by atoms with Gasteiger partial charge < -0.3 is 10.8 Å². The number of hydrogen-bond donors (Lipinski definition) is 2. The molecule has 0 heterocycles. The Hall–Kier alpha value is -1.40. The first-order chi connectivity index (χ1) is 7.92. The molecule has 0 amide bonds. The molecule has 5 nitrogen and oxygen atoms in total. The Kier molecular flexibility index (Phi) is 4.25. The smallest absolute Gasteiger partial charge is 0.183 e. The minimum absolute atomic E-state index is 0.188. The van der Waals surface area contributed by atoms with E-state index >= 15 is 0 Å². The largest absolute Gasteiger partial charge is 0.399 e. The molecule has 3 N–H and O–H groups in total. The van der Waals surface area contributed by atoms with Crippen molar-refractivity contribution in [2.45, 2.75) is 12.2 Å². The number of anilines is 1. The molecule has 1 atom stereocenters. The van der Waals surface area contributed by atoms with E-state index in [1.165, 1.54) is 19.1 Å². The van der Waals surface area contributed by atoms with Crippen LogP contribution in [0.5, 0.6) is 0 Å². The first kappa shape index (κ1) is 13.7. The standard InChI is InChI=1S/C11H15NO4S/c1-2-17(15,16)10(7-13)11(14)8-4-3-5-9(12)6-8/h3-6,10,13H,2,7,12H2,1H3. The van der Waals surface area contributed by atoms with E-state index in [4.69, 9.17) is 10.8 Å². The van der Waals surface area contributed by atoms with Crippen molar-refractivity contribution in [1.29, 1.82) is 0 Å². The monoisotopic (exact) mass is 257 g/mol. The van der Waals surface area contributed by atoms with Crippen LogP contribution >= 0.6 is 0 Å². The molecule has 1 rings (SSSR count). The molecule has 17 heavy (non-hydrogen) atoms. The Morgan fingerprint density at radius 2 is 2.12 bits per heavy atom. The van der Waals surface area contributed by atoms with Crippen molar-refractivity contribution >= 4 is 21.3 Å². The van der Waals surface area contributed by atoms with Gasteiger partial charge in [-0.1, -0.05) is 19.1 Å². The molecular formula is C11H15NO4S. The molecule has 0 aliphatic rings. The number of ketones is 1. The van der Waals surface area contributed by atoms with Gasteiger partial charge in [0, 0.05) is 17.0 Å². The van der Waals surface area contributed by atoms with Crippen LogP contribution in [0.3, 0.4) is 0 Å². The zero-order chi connectivity index (χ0) is 13.1. The van der Waals surface area contributed by atoms with Gasteiger partial charge in [0.15, 0.2) is 15.6 Å². The van der Waals surface area contributed by atoms with Gasteiger partial charge in [0.1, 0.15) is 5.25 Å². The van der Waals surface area contributed by atoms with Crippen molar-refractivity contribution in [3.8, 4) is 0 Å². The molecule has 0 spiro atoms. The SMILES string of the molecule is CCS(=O)(=O)C(CO)C(=O)c1cccc(N)c1.